The molecule has 1 aromatic carbocycles. The standard InChI is InChI=1S/C14H17F2N3S/c1-4-7-17-9(3)13-18-19-14(20-13)11-10(15)6-5-8(2)12(11)16/h5-6,9,17H,4,7H2,1-3H3. The Hall–Kier alpha value is -1.40. The smallest absolute Gasteiger partial charge is 0.153 e. The van der Waals surface area contributed by atoms with E-state index in [0.717, 1.165) is 18.0 Å². The number of halogens is 2. The summed E-state index contributed by atoms with van der Waals surface area (Å²) in [6.07, 6.45) is 1.01. The van der Waals surface area contributed by atoms with Crippen LogP contribution >= 0.6 is 11.3 Å². The third-order valence-electron chi connectivity index (χ3n) is 3.01. The highest BCUT2D eigenvalue weighted by Gasteiger charge is 2.19. The van der Waals surface area contributed by atoms with Gasteiger partial charge in [0.2, 0.25) is 0 Å². The van der Waals surface area contributed by atoms with E-state index in [9.17, 15) is 8.78 Å². The molecule has 0 aliphatic heterocycles. The predicted molar refractivity (Wildman–Crippen MR) is 76.7 cm³/mol. The highest BCUT2D eigenvalue weighted by molar-refractivity contribution is 7.14. The van der Waals surface area contributed by atoms with Crippen molar-refractivity contribution in [3.05, 3.63) is 34.3 Å². The lowest BCUT2D eigenvalue weighted by atomic mass is 10.1. The van der Waals surface area contributed by atoms with Gasteiger partial charge in [0, 0.05) is 0 Å². The number of nitrogens with one attached hydrogen (secondary N) is 1. The molecule has 0 saturated heterocycles. The zero-order valence-corrected chi connectivity index (χ0v) is 12.5. The highest BCUT2D eigenvalue weighted by atomic mass is 32.1. The van der Waals surface area contributed by atoms with Crippen molar-refractivity contribution < 1.29 is 8.78 Å². The minimum Gasteiger partial charge on any atom is -0.308 e. The van der Waals surface area contributed by atoms with Crippen molar-refractivity contribution in [3.8, 4) is 10.6 Å². The average molecular weight is 297 g/mol. The number of rotatable bonds is 5. The predicted octanol–water partition coefficient (Wildman–Crippen LogP) is 3.85. The number of aryl methyl sites for hydroxylation is 1. The van der Waals surface area contributed by atoms with Crippen molar-refractivity contribution in [2.24, 2.45) is 0 Å². The summed E-state index contributed by atoms with van der Waals surface area (Å²) in [6.45, 7) is 6.50. The van der Waals surface area contributed by atoms with Crippen LogP contribution < -0.4 is 5.32 Å². The average Bonchev–Trinajstić information content (AvgIpc) is 2.90. The van der Waals surface area contributed by atoms with E-state index in [1.54, 1.807) is 6.92 Å². The van der Waals surface area contributed by atoms with Crippen molar-refractivity contribution >= 4 is 11.3 Å². The molecule has 0 amide bonds. The van der Waals surface area contributed by atoms with Gasteiger partial charge < -0.3 is 5.32 Å². The molecule has 2 rings (SSSR count). The molecule has 1 N–H and O–H groups in total. The highest BCUT2D eigenvalue weighted by Crippen LogP contribution is 2.31. The van der Waals surface area contributed by atoms with Crippen LogP contribution in [0.2, 0.25) is 0 Å². The first-order valence-corrected chi connectivity index (χ1v) is 7.38. The maximum atomic E-state index is 14.0. The minimum atomic E-state index is -0.607. The zero-order chi connectivity index (χ0) is 14.7. The fourth-order valence-electron chi connectivity index (χ4n) is 1.81. The maximum absolute atomic E-state index is 14.0. The van der Waals surface area contributed by atoms with Crippen molar-refractivity contribution in [1.29, 1.82) is 0 Å². The van der Waals surface area contributed by atoms with Gasteiger partial charge in [-0.2, -0.15) is 0 Å². The van der Waals surface area contributed by atoms with Gasteiger partial charge in [0.05, 0.1) is 11.6 Å². The van der Waals surface area contributed by atoms with E-state index in [1.165, 1.54) is 23.5 Å². The lowest BCUT2D eigenvalue weighted by molar-refractivity contribution is 0.564. The van der Waals surface area contributed by atoms with Gasteiger partial charge in [-0.1, -0.05) is 24.3 Å². The Balaban J connectivity index is 2.32. The summed E-state index contributed by atoms with van der Waals surface area (Å²) in [5.74, 6) is -1.17. The van der Waals surface area contributed by atoms with Gasteiger partial charge in [-0.05, 0) is 38.4 Å². The van der Waals surface area contributed by atoms with Crippen LogP contribution in [-0.4, -0.2) is 16.7 Å². The molecule has 0 fully saturated rings. The summed E-state index contributed by atoms with van der Waals surface area (Å²) >= 11 is 1.22. The maximum Gasteiger partial charge on any atom is 0.153 e. The van der Waals surface area contributed by atoms with Gasteiger partial charge in [0.1, 0.15) is 16.6 Å². The van der Waals surface area contributed by atoms with Crippen LogP contribution in [0.1, 0.15) is 36.9 Å². The Labute approximate surface area is 121 Å². The van der Waals surface area contributed by atoms with Crippen LogP contribution in [0.4, 0.5) is 8.78 Å². The van der Waals surface area contributed by atoms with E-state index < -0.39 is 11.6 Å². The lowest BCUT2D eigenvalue weighted by Crippen LogP contribution is -2.18. The van der Waals surface area contributed by atoms with Crippen LogP contribution in [0, 0.1) is 18.6 Å². The van der Waals surface area contributed by atoms with Gasteiger partial charge in [0.15, 0.2) is 5.01 Å². The molecular formula is C14H17F2N3S. The second-order valence-electron chi connectivity index (χ2n) is 4.67. The molecule has 0 radical (unpaired) electrons. The van der Waals surface area contributed by atoms with Crippen molar-refractivity contribution in [2.75, 3.05) is 6.54 Å². The van der Waals surface area contributed by atoms with Crippen molar-refractivity contribution in [1.82, 2.24) is 15.5 Å². The normalized spacial score (nSPS) is 12.7. The summed E-state index contributed by atoms with van der Waals surface area (Å²) in [5, 5.41) is 12.2. The van der Waals surface area contributed by atoms with E-state index in [0.29, 0.717) is 5.56 Å². The second kappa shape index (κ2) is 6.37. The molecule has 1 aromatic heterocycles. The van der Waals surface area contributed by atoms with Gasteiger partial charge in [-0.15, -0.1) is 10.2 Å². The van der Waals surface area contributed by atoms with Crippen LogP contribution in [0.25, 0.3) is 10.6 Å². The summed E-state index contributed by atoms with van der Waals surface area (Å²) in [6, 6.07) is 2.70. The number of hydrogen-bond donors (Lipinski definition) is 1. The molecule has 6 heteroatoms. The Kier molecular flexibility index (Phi) is 4.77. The van der Waals surface area contributed by atoms with Crippen LogP contribution in [0.5, 0.6) is 0 Å². The van der Waals surface area contributed by atoms with E-state index in [2.05, 4.69) is 22.4 Å². The summed E-state index contributed by atoms with van der Waals surface area (Å²) in [7, 11) is 0. The molecule has 20 heavy (non-hydrogen) atoms. The summed E-state index contributed by atoms with van der Waals surface area (Å²) in [4.78, 5) is 0. The fourth-order valence-corrected chi connectivity index (χ4v) is 2.72. The number of hydrogen-bond acceptors (Lipinski definition) is 4. The van der Waals surface area contributed by atoms with Crippen LogP contribution in [0.15, 0.2) is 12.1 Å². The molecule has 0 saturated carbocycles. The fraction of sp³-hybridized carbons (Fsp3) is 0.429. The van der Waals surface area contributed by atoms with Gasteiger partial charge in [-0.3, -0.25) is 0 Å². The topological polar surface area (TPSA) is 37.8 Å². The van der Waals surface area contributed by atoms with Crippen LogP contribution in [-0.2, 0) is 0 Å². The van der Waals surface area contributed by atoms with E-state index >= 15 is 0 Å². The van der Waals surface area contributed by atoms with E-state index in [-0.39, 0.29) is 16.6 Å². The van der Waals surface area contributed by atoms with E-state index in [4.69, 9.17) is 0 Å². The monoisotopic (exact) mass is 297 g/mol. The first kappa shape index (κ1) is 15.0. The lowest BCUT2D eigenvalue weighted by Gasteiger charge is -2.08. The molecule has 1 heterocycles. The molecule has 1 atom stereocenters. The molecule has 2 aromatic rings. The van der Waals surface area contributed by atoms with E-state index in [1.807, 2.05) is 6.92 Å². The van der Waals surface area contributed by atoms with Crippen molar-refractivity contribution in [2.45, 2.75) is 33.2 Å². The Bertz CT molecular complexity index is 598. The third-order valence-corrected chi connectivity index (χ3v) is 4.13. The number of aromatic nitrogens is 2. The van der Waals surface area contributed by atoms with Gasteiger partial charge >= 0.3 is 0 Å². The molecule has 0 bridgehead atoms. The summed E-state index contributed by atoms with van der Waals surface area (Å²) < 4.78 is 27.9. The molecule has 0 aliphatic carbocycles. The largest absolute Gasteiger partial charge is 0.308 e. The zero-order valence-electron chi connectivity index (χ0n) is 11.7. The first-order chi connectivity index (χ1) is 9.54. The Morgan fingerprint density at radius 1 is 1.30 bits per heavy atom. The minimum absolute atomic E-state index is 0.0251. The Morgan fingerprint density at radius 3 is 2.75 bits per heavy atom. The number of nitrogens with zero attached hydrogens (tertiary/aromatic N) is 2. The molecule has 3 nitrogen and oxygen atoms in total. The van der Waals surface area contributed by atoms with Crippen molar-refractivity contribution in [3.63, 3.8) is 0 Å². The second-order valence-corrected chi connectivity index (χ2v) is 5.68. The SMILES string of the molecule is CCCNC(C)c1nnc(-c2c(F)ccc(C)c2F)s1. The molecule has 108 valence electrons. The first-order valence-electron chi connectivity index (χ1n) is 6.56. The Morgan fingerprint density at radius 2 is 2.05 bits per heavy atom. The molecule has 0 aliphatic rings. The molecular weight excluding hydrogens is 280 g/mol. The van der Waals surface area contributed by atoms with Gasteiger partial charge in [-0.25, -0.2) is 8.78 Å². The quantitative estimate of drug-likeness (QED) is 0.911. The molecule has 1 unspecified atom stereocenters. The summed E-state index contributed by atoms with van der Waals surface area (Å²) in [5.41, 5.74) is 0.312. The van der Waals surface area contributed by atoms with Crippen LogP contribution in [0.3, 0.4) is 0 Å². The third kappa shape index (κ3) is 3.02. The molecule has 0 spiro atoms. The number of benzene rings is 1. The van der Waals surface area contributed by atoms with Gasteiger partial charge in [0.25, 0.3) is 0 Å².